The molecule has 0 bridgehead atoms. The predicted molar refractivity (Wildman–Crippen MR) is 67.3 cm³/mol. The summed E-state index contributed by atoms with van der Waals surface area (Å²) >= 11 is 0. The molecule has 1 rings (SSSR count). The summed E-state index contributed by atoms with van der Waals surface area (Å²) in [6.45, 7) is 10.0. The van der Waals surface area contributed by atoms with Crippen molar-refractivity contribution in [3.63, 3.8) is 0 Å². The zero-order valence-electron chi connectivity index (χ0n) is 10.2. The van der Waals surface area contributed by atoms with Gasteiger partial charge in [-0.15, -0.1) is 6.58 Å². The normalized spacial score (nSPS) is 17.6. The Labute approximate surface area is 97.7 Å². The summed E-state index contributed by atoms with van der Waals surface area (Å²) in [7, 11) is 0. The van der Waals surface area contributed by atoms with Gasteiger partial charge in [-0.1, -0.05) is 19.1 Å². The number of rotatable bonds is 3. The van der Waals surface area contributed by atoms with E-state index in [0.717, 1.165) is 12.1 Å². The molecule has 0 radical (unpaired) electrons. The van der Waals surface area contributed by atoms with Crippen LogP contribution in [0.25, 0.3) is 0 Å². The van der Waals surface area contributed by atoms with Crippen LogP contribution in [0.1, 0.15) is 27.2 Å². The van der Waals surface area contributed by atoms with Gasteiger partial charge in [0.1, 0.15) is 11.8 Å². The van der Waals surface area contributed by atoms with Crippen LogP contribution in [0.15, 0.2) is 47.3 Å². The highest BCUT2D eigenvalue weighted by Gasteiger charge is 2.14. The van der Waals surface area contributed by atoms with E-state index >= 15 is 0 Å². The first-order valence-electron chi connectivity index (χ1n) is 5.48. The molecule has 1 atom stereocenters. The zero-order chi connectivity index (χ0) is 12.1. The van der Waals surface area contributed by atoms with Gasteiger partial charge in [-0.3, -0.25) is 0 Å². The second kappa shape index (κ2) is 5.37. The third-order valence-electron chi connectivity index (χ3n) is 2.90. The van der Waals surface area contributed by atoms with Crippen LogP contribution in [0.4, 0.5) is 0 Å². The maximum Gasteiger partial charge on any atom is 0.117 e. The SMILES string of the molecule is C=CCC(C)C1=C(C)C(C)=CC=C(C#N)N1. The van der Waals surface area contributed by atoms with Crippen LogP contribution in [0.3, 0.4) is 0 Å². The molecule has 0 saturated heterocycles. The van der Waals surface area contributed by atoms with Gasteiger partial charge in [-0.25, -0.2) is 0 Å². The van der Waals surface area contributed by atoms with Crippen LogP contribution >= 0.6 is 0 Å². The summed E-state index contributed by atoms with van der Waals surface area (Å²) in [5, 5.41) is 12.2. The van der Waals surface area contributed by atoms with Crippen molar-refractivity contribution in [1.29, 1.82) is 5.26 Å². The van der Waals surface area contributed by atoms with Crippen molar-refractivity contribution in [2.45, 2.75) is 27.2 Å². The number of nitriles is 1. The van der Waals surface area contributed by atoms with Gasteiger partial charge in [-0.2, -0.15) is 5.26 Å². The fraction of sp³-hybridized carbons (Fsp3) is 0.357. The molecule has 16 heavy (non-hydrogen) atoms. The molecule has 0 aliphatic carbocycles. The van der Waals surface area contributed by atoms with Crippen molar-refractivity contribution in [1.82, 2.24) is 5.32 Å². The van der Waals surface area contributed by atoms with Crippen molar-refractivity contribution >= 4 is 0 Å². The Morgan fingerprint density at radius 1 is 1.50 bits per heavy atom. The highest BCUT2D eigenvalue weighted by atomic mass is 14.9. The summed E-state index contributed by atoms with van der Waals surface area (Å²) < 4.78 is 0. The minimum absolute atomic E-state index is 0.357. The van der Waals surface area contributed by atoms with Gasteiger partial charge in [-0.05, 0) is 43.4 Å². The van der Waals surface area contributed by atoms with Gasteiger partial charge < -0.3 is 5.32 Å². The molecule has 1 unspecified atom stereocenters. The second-order valence-electron chi connectivity index (χ2n) is 4.13. The van der Waals surface area contributed by atoms with E-state index in [4.69, 9.17) is 5.26 Å². The molecule has 1 N–H and O–H groups in total. The Hall–Kier alpha value is -1.75. The minimum Gasteiger partial charge on any atom is -0.350 e. The molecule has 1 aliphatic heterocycles. The number of hydrogen-bond donors (Lipinski definition) is 1. The summed E-state index contributed by atoms with van der Waals surface area (Å²) in [4.78, 5) is 0. The lowest BCUT2D eigenvalue weighted by Gasteiger charge is -2.18. The molecular formula is C14H18N2. The summed E-state index contributed by atoms with van der Waals surface area (Å²) in [5.41, 5.74) is 4.14. The fourth-order valence-corrected chi connectivity index (χ4v) is 1.75. The molecule has 1 aliphatic rings. The first-order valence-corrected chi connectivity index (χ1v) is 5.48. The van der Waals surface area contributed by atoms with Crippen molar-refractivity contribution in [3.8, 4) is 6.07 Å². The summed E-state index contributed by atoms with van der Waals surface area (Å²) in [6, 6.07) is 2.16. The van der Waals surface area contributed by atoms with Crippen molar-refractivity contribution < 1.29 is 0 Å². The molecule has 0 amide bonds. The van der Waals surface area contributed by atoms with E-state index < -0.39 is 0 Å². The van der Waals surface area contributed by atoms with Crippen LogP contribution in [0, 0.1) is 17.2 Å². The largest absolute Gasteiger partial charge is 0.350 e. The minimum atomic E-state index is 0.357. The lowest BCUT2D eigenvalue weighted by atomic mass is 9.96. The highest BCUT2D eigenvalue weighted by molar-refractivity contribution is 5.42. The Balaban J connectivity index is 3.10. The Kier molecular flexibility index (Phi) is 4.13. The molecule has 2 heteroatoms. The molecule has 0 aromatic heterocycles. The quantitative estimate of drug-likeness (QED) is 0.730. The first-order chi connectivity index (χ1) is 7.60. The van der Waals surface area contributed by atoms with E-state index in [1.807, 2.05) is 18.2 Å². The Morgan fingerprint density at radius 3 is 2.75 bits per heavy atom. The monoisotopic (exact) mass is 214 g/mol. The van der Waals surface area contributed by atoms with Crippen molar-refractivity contribution in [2.75, 3.05) is 0 Å². The standard InChI is InChI=1S/C14H18N2/c1-5-6-11(3)14-12(4)10(2)7-8-13(9-15)16-14/h5,7-8,11,16H,1,6H2,2-4H3. The highest BCUT2D eigenvalue weighted by Crippen LogP contribution is 2.24. The molecule has 0 saturated carbocycles. The molecule has 84 valence electrons. The molecule has 1 heterocycles. The lowest BCUT2D eigenvalue weighted by molar-refractivity contribution is 0.641. The summed E-state index contributed by atoms with van der Waals surface area (Å²) in [5.74, 6) is 0.357. The van der Waals surface area contributed by atoms with Gasteiger partial charge in [0.25, 0.3) is 0 Å². The Morgan fingerprint density at radius 2 is 2.19 bits per heavy atom. The molecule has 0 fully saturated rings. The number of allylic oxidation sites excluding steroid dienone is 7. The van der Waals surface area contributed by atoms with Crippen LogP contribution in [-0.2, 0) is 0 Å². The van der Waals surface area contributed by atoms with E-state index in [-0.39, 0.29) is 0 Å². The van der Waals surface area contributed by atoms with Gasteiger partial charge >= 0.3 is 0 Å². The third-order valence-corrected chi connectivity index (χ3v) is 2.90. The van der Waals surface area contributed by atoms with Gasteiger partial charge in [0.15, 0.2) is 0 Å². The average molecular weight is 214 g/mol. The van der Waals surface area contributed by atoms with Gasteiger partial charge in [0.05, 0.1) is 0 Å². The van der Waals surface area contributed by atoms with Crippen molar-refractivity contribution in [2.24, 2.45) is 5.92 Å². The summed E-state index contributed by atoms with van der Waals surface area (Å²) in [6.07, 6.45) is 6.62. The maximum atomic E-state index is 8.97. The van der Waals surface area contributed by atoms with E-state index in [1.54, 1.807) is 0 Å². The van der Waals surface area contributed by atoms with Gasteiger partial charge in [0.2, 0.25) is 0 Å². The molecule has 0 aromatic rings. The smallest absolute Gasteiger partial charge is 0.117 e. The van der Waals surface area contributed by atoms with Gasteiger partial charge in [0, 0.05) is 5.70 Å². The van der Waals surface area contributed by atoms with Crippen LogP contribution in [0.5, 0.6) is 0 Å². The van der Waals surface area contributed by atoms with E-state index in [1.165, 1.54) is 11.1 Å². The Bertz CT molecular complexity index is 417. The number of hydrogen-bond acceptors (Lipinski definition) is 2. The van der Waals surface area contributed by atoms with Crippen LogP contribution < -0.4 is 5.32 Å². The van der Waals surface area contributed by atoms with E-state index in [9.17, 15) is 0 Å². The van der Waals surface area contributed by atoms with E-state index in [0.29, 0.717) is 11.6 Å². The first kappa shape index (κ1) is 12.3. The van der Waals surface area contributed by atoms with Crippen LogP contribution in [-0.4, -0.2) is 0 Å². The second-order valence-corrected chi connectivity index (χ2v) is 4.13. The van der Waals surface area contributed by atoms with Crippen LogP contribution in [0.2, 0.25) is 0 Å². The topological polar surface area (TPSA) is 35.8 Å². The predicted octanol–water partition coefficient (Wildman–Crippen LogP) is 3.43. The molecule has 0 aromatic carbocycles. The fourth-order valence-electron chi connectivity index (χ4n) is 1.75. The number of nitrogens with one attached hydrogen (secondary N) is 1. The molecular weight excluding hydrogens is 196 g/mol. The average Bonchev–Trinajstić information content (AvgIpc) is 2.41. The molecule has 2 nitrogen and oxygen atoms in total. The molecule has 0 spiro atoms. The van der Waals surface area contributed by atoms with E-state index in [2.05, 4.69) is 38.7 Å². The third kappa shape index (κ3) is 2.64. The number of nitrogens with zero attached hydrogens (tertiary/aromatic N) is 1. The van der Waals surface area contributed by atoms with Crippen molar-refractivity contribution in [3.05, 3.63) is 47.3 Å². The maximum absolute atomic E-state index is 8.97. The zero-order valence-corrected chi connectivity index (χ0v) is 10.2. The lowest BCUT2D eigenvalue weighted by Crippen LogP contribution is -2.18.